The van der Waals surface area contributed by atoms with Gasteiger partial charge >= 0.3 is 35.9 Å². The van der Waals surface area contributed by atoms with Crippen LogP contribution in [0, 0.1) is 9.39 Å². The number of carbonyl (C=O) groups is 2. The van der Waals surface area contributed by atoms with E-state index in [1.165, 1.54) is 24.3 Å². The van der Waals surface area contributed by atoms with Crippen LogP contribution in [-0.4, -0.2) is 31.2 Å². The van der Waals surface area contributed by atoms with E-state index in [1.54, 1.807) is 5.32 Å². The molecule has 0 saturated carbocycles. The largest absolute Gasteiger partial charge is 0.505 e. The highest BCUT2D eigenvalue weighted by atomic mass is 127. The molecule has 0 radical (unpaired) electrons. The van der Waals surface area contributed by atoms with Gasteiger partial charge in [0.15, 0.2) is 5.82 Å². The quantitative estimate of drug-likeness (QED) is 0.157. The normalized spacial score (nSPS) is 12.6. The average Bonchev–Trinajstić information content (AvgIpc) is 2.90. The highest BCUT2D eigenvalue weighted by Crippen LogP contribution is 2.54. The first kappa shape index (κ1) is 34.1. The van der Waals surface area contributed by atoms with Crippen LogP contribution in [0.25, 0.3) is 0 Å². The van der Waals surface area contributed by atoms with Gasteiger partial charge in [-0.3, -0.25) is 9.59 Å². The molecule has 0 fully saturated rings. The second-order valence-electron chi connectivity index (χ2n) is 8.60. The van der Waals surface area contributed by atoms with Gasteiger partial charge in [0.05, 0.1) is 22.5 Å². The molecule has 0 atom stereocenters. The number of nitrogens with zero attached hydrogens (tertiary/aromatic N) is 1. The summed E-state index contributed by atoms with van der Waals surface area (Å²) in [7, 11) is 1.09. The van der Waals surface area contributed by atoms with Crippen molar-refractivity contribution in [2.45, 2.75) is 29.1 Å². The molecule has 3 rings (SSSR count). The fraction of sp³-hybridized carbons (Fsp3) is 0.200. The summed E-state index contributed by atoms with van der Waals surface area (Å²) in [5.41, 5.74) is -13.8. The second kappa shape index (κ2) is 11.9. The van der Waals surface area contributed by atoms with E-state index in [0.29, 0.717) is 0 Å². The monoisotopic (exact) mass is 757 g/mol. The maximum absolute atomic E-state index is 15.4. The number of carbonyl (C=O) groups excluding carboxylic acids is 2. The Morgan fingerprint density at radius 1 is 0.860 bits per heavy atom. The molecule has 0 aliphatic carbocycles. The van der Waals surface area contributed by atoms with Crippen LogP contribution in [0.15, 0.2) is 59.5 Å². The molecule has 0 spiro atoms. The van der Waals surface area contributed by atoms with Gasteiger partial charge in [0.2, 0.25) is 0 Å². The Hall–Kier alpha value is -3.42. The Balaban J connectivity index is 2.06. The van der Waals surface area contributed by atoms with Crippen molar-refractivity contribution in [2.24, 2.45) is 0 Å². The topological polar surface area (TPSA) is 66.5 Å². The van der Waals surface area contributed by atoms with Crippen LogP contribution in [0.3, 0.4) is 0 Å². The Morgan fingerprint density at radius 3 is 1.91 bits per heavy atom. The summed E-state index contributed by atoms with van der Waals surface area (Å²) in [6.45, 7) is 0. The zero-order chi connectivity index (χ0) is 32.7. The third-order valence-corrected chi connectivity index (χ3v) is 7.22. The van der Waals surface area contributed by atoms with Crippen LogP contribution in [-0.2, 0) is 27.7 Å². The number of halogens is 12. The first-order valence-electron chi connectivity index (χ1n) is 11.2. The van der Waals surface area contributed by atoms with Crippen molar-refractivity contribution < 1.29 is 62.1 Å². The van der Waals surface area contributed by atoms with Crippen LogP contribution in [0.5, 0.6) is 0 Å². The minimum absolute atomic E-state index is 0.0133. The molecule has 2 amide bonds. The summed E-state index contributed by atoms with van der Waals surface area (Å²) in [6.07, 6.45) is -19.2. The van der Waals surface area contributed by atoms with Crippen molar-refractivity contribution in [1.82, 2.24) is 0 Å². The van der Waals surface area contributed by atoms with Crippen molar-refractivity contribution in [3.8, 4) is 0 Å². The minimum Gasteiger partial charge on any atom is -0.320 e. The standard InChI is InChI=1S/C25H12F11IN2O3S/c1-39(21(41)11-5-7-13(43-42)8-6-11)17-4-2-3-14(18(17)26)20(40)38-19-15(23(28,29)30)9-12(10-16(19)37)22(27,24(31,32)33)25(34,35)36/h2-10H,1H3/p+1. The van der Waals surface area contributed by atoms with Gasteiger partial charge in [0.25, 0.3) is 16.7 Å². The van der Waals surface area contributed by atoms with Crippen LogP contribution in [0.1, 0.15) is 31.8 Å². The first-order chi connectivity index (χ1) is 19.6. The molecular formula is C25H13F11IN2O3S+. The summed E-state index contributed by atoms with van der Waals surface area (Å²) in [5.74, 6) is -3.89. The predicted molar refractivity (Wildman–Crippen MR) is 139 cm³/mol. The lowest BCUT2D eigenvalue weighted by Gasteiger charge is -2.31. The maximum Gasteiger partial charge on any atom is 0.505 e. The molecule has 3 aromatic rings. The maximum atomic E-state index is 15.4. The van der Waals surface area contributed by atoms with Crippen molar-refractivity contribution in [1.29, 1.82) is 0 Å². The van der Waals surface area contributed by atoms with Gasteiger partial charge in [-0.05, 0) is 59.0 Å². The fourth-order valence-electron chi connectivity index (χ4n) is 3.74. The molecule has 0 heterocycles. The van der Waals surface area contributed by atoms with Gasteiger partial charge in [-0.25, -0.2) is 8.78 Å². The Kier molecular flexibility index (Phi) is 9.45. The van der Waals surface area contributed by atoms with Crippen LogP contribution in [0.2, 0.25) is 0 Å². The highest BCUT2D eigenvalue weighted by molar-refractivity contribution is 14.1. The molecule has 3 aromatic carbocycles. The number of amides is 2. The molecule has 0 bridgehead atoms. The first-order valence-corrected chi connectivity index (χ1v) is 13.0. The van der Waals surface area contributed by atoms with Crippen LogP contribution < -0.4 is 10.2 Å². The summed E-state index contributed by atoms with van der Waals surface area (Å²) in [6, 6.07) is 7.04. The van der Waals surface area contributed by atoms with Gasteiger partial charge in [0.1, 0.15) is 0 Å². The molecule has 0 aliphatic heterocycles. The minimum atomic E-state index is -6.72. The van der Waals surface area contributed by atoms with E-state index in [0.717, 1.165) is 52.7 Å². The number of alkyl halides is 10. The fourth-order valence-corrected chi connectivity index (χ4v) is 4.74. The third kappa shape index (κ3) is 6.58. The van der Waals surface area contributed by atoms with Crippen molar-refractivity contribution in [3.05, 3.63) is 86.2 Å². The lowest BCUT2D eigenvalue weighted by Crippen LogP contribution is -2.50. The summed E-state index contributed by atoms with van der Waals surface area (Å²) < 4.78 is 160. The lowest BCUT2D eigenvalue weighted by molar-refractivity contribution is -0.348. The second-order valence-corrected chi connectivity index (χ2v) is 10.4. The number of hydrogen-bond donors (Lipinski definition) is 1. The Morgan fingerprint density at radius 2 is 1.42 bits per heavy atom. The molecule has 230 valence electrons. The Bertz CT molecular complexity index is 1560. The SMILES string of the molecule is CN(C(=O)c1ccc([S+]=O)cc1)c1cccc(C(=O)Nc2c(I)cc(C(F)(C(F)(F)F)C(F)(F)F)cc2C(F)(F)F)c1F. The number of rotatable bonds is 6. The van der Waals surface area contributed by atoms with Crippen molar-refractivity contribution >= 4 is 57.4 Å². The molecule has 0 unspecified atom stereocenters. The van der Waals surface area contributed by atoms with Crippen LogP contribution >= 0.6 is 22.6 Å². The number of nitrogens with one attached hydrogen (secondary N) is 1. The summed E-state index contributed by atoms with van der Waals surface area (Å²) in [5, 5.41) is 1.61. The summed E-state index contributed by atoms with van der Waals surface area (Å²) >= 11 is 1.00. The van der Waals surface area contributed by atoms with E-state index in [4.69, 9.17) is 0 Å². The highest BCUT2D eigenvalue weighted by Gasteiger charge is 2.73. The predicted octanol–water partition coefficient (Wildman–Crippen LogP) is 8.05. The average molecular weight is 757 g/mol. The van der Waals surface area contributed by atoms with Gasteiger partial charge in [-0.15, -0.1) is 0 Å². The van der Waals surface area contributed by atoms with Crippen molar-refractivity contribution in [2.75, 3.05) is 17.3 Å². The molecule has 0 aliphatic rings. The zero-order valence-electron chi connectivity index (χ0n) is 20.8. The van der Waals surface area contributed by atoms with Gasteiger partial charge in [-0.2, -0.15) is 39.5 Å². The van der Waals surface area contributed by atoms with E-state index in [2.05, 4.69) is 0 Å². The molecule has 43 heavy (non-hydrogen) atoms. The smallest absolute Gasteiger partial charge is 0.320 e. The third-order valence-electron chi connectivity index (χ3n) is 5.90. The number of benzene rings is 3. The lowest BCUT2D eigenvalue weighted by atomic mass is 9.92. The molecule has 1 N–H and O–H groups in total. The van der Waals surface area contributed by atoms with E-state index in [9.17, 15) is 57.7 Å². The zero-order valence-corrected chi connectivity index (χ0v) is 23.8. The van der Waals surface area contributed by atoms with Gasteiger partial charge in [0, 0.05) is 38.1 Å². The van der Waals surface area contributed by atoms with E-state index >= 15 is 4.39 Å². The number of anilines is 2. The molecule has 0 saturated heterocycles. The molecular weight excluding hydrogens is 744 g/mol. The summed E-state index contributed by atoms with van der Waals surface area (Å²) in [4.78, 5) is 26.6. The molecule has 5 nitrogen and oxygen atoms in total. The number of hydrogen-bond acceptors (Lipinski definition) is 3. The molecule has 18 heteroatoms. The van der Waals surface area contributed by atoms with E-state index in [-0.39, 0.29) is 28.2 Å². The van der Waals surface area contributed by atoms with Crippen LogP contribution in [0.4, 0.5) is 59.7 Å². The van der Waals surface area contributed by atoms with Gasteiger partial charge < -0.3 is 10.2 Å². The van der Waals surface area contributed by atoms with Crippen molar-refractivity contribution in [3.63, 3.8) is 0 Å². The van der Waals surface area contributed by atoms with Gasteiger partial charge in [-0.1, -0.05) is 6.07 Å². The Labute approximate surface area is 251 Å². The van der Waals surface area contributed by atoms with E-state index < -0.39 is 79.5 Å². The molecule has 0 aromatic heterocycles. The van der Waals surface area contributed by atoms with E-state index in [1.807, 2.05) is 0 Å².